The van der Waals surface area contributed by atoms with E-state index in [9.17, 15) is 19.3 Å². The number of nitrogen functional groups attached to an aromatic ring is 1. The number of aromatic nitrogens is 1. The molecule has 0 fully saturated rings. The van der Waals surface area contributed by atoms with Crippen LogP contribution in [-0.2, 0) is 6.54 Å². The minimum absolute atomic E-state index is 0.105. The lowest BCUT2D eigenvalue weighted by Crippen LogP contribution is -2.17. The van der Waals surface area contributed by atoms with Crippen molar-refractivity contribution in [3.05, 3.63) is 52.1 Å². The van der Waals surface area contributed by atoms with Crippen LogP contribution in [0, 0.1) is 15.9 Å². The number of benzene rings is 1. The van der Waals surface area contributed by atoms with Gasteiger partial charge >= 0.3 is 0 Å². The molecule has 1 amide bonds. The first-order valence-electron chi connectivity index (χ1n) is 6.13. The van der Waals surface area contributed by atoms with Crippen LogP contribution < -0.4 is 11.1 Å². The minimum atomic E-state index is -0.595. The summed E-state index contributed by atoms with van der Waals surface area (Å²) in [5.41, 5.74) is 5.88. The number of nitrogens with two attached hydrogens (primary N) is 1. The van der Waals surface area contributed by atoms with E-state index < -0.39 is 16.6 Å². The molecule has 1 aromatic carbocycles. The number of rotatable bonds is 4. The van der Waals surface area contributed by atoms with Crippen LogP contribution in [0.1, 0.15) is 17.4 Å². The molecule has 1 aromatic heterocycles. The van der Waals surface area contributed by atoms with Crippen LogP contribution in [0.15, 0.2) is 30.5 Å². The number of nitro groups is 1. The molecule has 0 atom stereocenters. The maximum Gasteiger partial charge on any atom is 0.287 e. The lowest BCUT2D eigenvalue weighted by Gasteiger charge is -2.09. The molecule has 0 unspecified atom stereocenters. The third kappa shape index (κ3) is 2.99. The highest BCUT2D eigenvalue weighted by molar-refractivity contribution is 6.05. The lowest BCUT2D eigenvalue weighted by molar-refractivity contribution is -0.384. The third-order valence-electron chi connectivity index (χ3n) is 2.93. The monoisotopic (exact) mass is 292 g/mol. The van der Waals surface area contributed by atoms with Crippen molar-refractivity contribution in [2.75, 3.05) is 11.1 Å². The van der Waals surface area contributed by atoms with E-state index in [1.807, 2.05) is 0 Å². The molecular formula is C13H13FN4O3. The van der Waals surface area contributed by atoms with Crippen LogP contribution in [0.2, 0.25) is 0 Å². The molecule has 0 aliphatic rings. The second-order valence-corrected chi connectivity index (χ2v) is 4.31. The van der Waals surface area contributed by atoms with E-state index in [4.69, 9.17) is 5.73 Å². The Kier molecular flexibility index (Phi) is 3.88. The number of anilines is 2. The van der Waals surface area contributed by atoms with Crippen molar-refractivity contribution >= 4 is 23.0 Å². The molecule has 0 radical (unpaired) electrons. The van der Waals surface area contributed by atoms with Gasteiger partial charge in [-0.2, -0.15) is 0 Å². The molecule has 2 aromatic rings. The Morgan fingerprint density at radius 2 is 2.19 bits per heavy atom. The zero-order valence-corrected chi connectivity index (χ0v) is 11.2. The van der Waals surface area contributed by atoms with E-state index in [-0.39, 0.29) is 22.8 Å². The zero-order chi connectivity index (χ0) is 15.6. The standard InChI is InChI=1S/C13H13FN4O3/c1-2-17-7-9(18(20)21)6-12(17)13(19)16-11-5-8(14)3-4-10(11)15/h3-7H,2,15H2,1H3,(H,16,19). The first-order chi connectivity index (χ1) is 9.92. The van der Waals surface area contributed by atoms with Gasteiger partial charge < -0.3 is 15.6 Å². The van der Waals surface area contributed by atoms with E-state index in [1.54, 1.807) is 6.92 Å². The average molecular weight is 292 g/mol. The van der Waals surface area contributed by atoms with E-state index in [2.05, 4.69) is 5.32 Å². The smallest absolute Gasteiger partial charge is 0.287 e. The van der Waals surface area contributed by atoms with Crippen LogP contribution >= 0.6 is 0 Å². The van der Waals surface area contributed by atoms with Gasteiger partial charge in [0, 0.05) is 12.6 Å². The molecule has 21 heavy (non-hydrogen) atoms. The van der Waals surface area contributed by atoms with Crippen LogP contribution in [0.4, 0.5) is 21.5 Å². The highest BCUT2D eigenvalue weighted by Crippen LogP contribution is 2.22. The van der Waals surface area contributed by atoms with Crippen molar-refractivity contribution in [2.24, 2.45) is 0 Å². The van der Waals surface area contributed by atoms with Crippen molar-refractivity contribution in [2.45, 2.75) is 13.5 Å². The summed E-state index contributed by atoms with van der Waals surface area (Å²) in [5, 5.41) is 13.2. The quantitative estimate of drug-likeness (QED) is 0.513. The number of amides is 1. The van der Waals surface area contributed by atoms with Crippen LogP contribution in [0.3, 0.4) is 0 Å². The first-order valence-corrected chi connectivity index (χ1v) is 6.13. The maximum absolute atomic E-state index is 13.2. The molecule has 1 heterocycles. The molecular weight excluding hydrogens is 279 g/mol. The molecule has 0 aliphatic carbocycles. The van der Waals surface area contributed by atoms with Gasteiger partial charge in [0.15, 0.2) is 0 Å². The summed E-state index contributed by atoms with van der Waals surface area (Å²) in [6.45, 7) is 2.13. The van der Waals surface area contributed by atoms with E-state index in [1.165, 1.54) is 22.9 Å². The van der Waals surface area contributed by atoms with Crippen molar-refractivity contribution in [1.29, 1.82) is 0 Å². The third-order valence-corrected chi connectivity index (χ3v) is 2.93. The van der Waals surface area contributed by atoms with E-state index in [0.29, 0.717) is 6.54 Å². The number of nitrogens with one attached hydrogen (secondary N) is 1. The SMILES string of the molecule is CCn1cc([N+](=O)[O-])cc1C(=O)Nc1cc(F)ccc1N. The highest BCUT2D eigenvalue weighted by atomic mass is 19.1. The predicted molar refractivity (Wildman–Crippen MR) is 75.5 cm³/mol. The van der Waals surface area contributed by atoms with Crippen molar-refractivity contribution < 1.29 is 14.1 Å². The van der Waals surface area contributed by atoms with Gasteiger partial charge in [-0.05, 0) is 25.1 Å². The molecule has 0 aliphatic heterocycles. The topological polar surface area (TPSA) is 103 Å². The molecule has 0 spiro atoms. The van der Waals surface area contributed by atoms with E-state index >= 15 is 0 Å². The number of halogens is 1. The summed E-state index contributed by atoms with van der Waals surface area (Å²) in [5.74, 6) is -1.14. The van der Waals surface area contributed by atoms with Gasteiger partial charge in [0.2, 0.25) is 0 Å². The van der Waals surface area contributed by atoms with Crippen LogP contribution in [0.5, 0.6) is 0 Å². The Labute approximate surface area is 119 Å². The highest BCUT2D eigenvalue weighted by Gasteiger charge is 2.19. The second-order valence-electron chi connectivity index (χ2n) is 4.31. The number of aryl methyl sites for hydroxylation is 1. The predicted octanol–water partition coefficient (Wildman–Crippen LogP) is 2.39. The summed E-state index contributed by atoms with van der Waals surface area (Å²) in [6.07, 6.45) is 1.27. The fourth-order valence-electron chi connectivity index (χ4n) is 1.87. The summed E-state index contributed by atoms with van der Waals surface area (Å²) < 4.78 is 14.6. The zero-order valence-electron chi connectivity index (χ0n) is 11.2. The second kappa shape index (κ2) is 5.61. The largest absolute Gasteiger partial charge is 0.397 e. The maximum atomic E-state index is 13.2. The molecule has 0 bridgehead atoms. The number of hydrogen-bond acceptors (Lipinski definition) is 4. The first kappa shape index (κ1) is 14.5. The summed E-state index contributed by atoms with van der Waals surface area (Å²) in [7, 11) is 0. The van der Waals surface area contributed by atoms with Crippen molar-refractivity contribution in [3.8, 4) is 0 Å². The Hall–Kier alpha value is -2.90. The fourth-order valence-corrected chi connectivity index (χ4v) is 1.87. The molecule has 0 saturated heterocycles. The Balaban J connectivity index is 2.32. The Morgan fingerprint density at radius 3 is 2.81 bits per heavy atom. The Bertz CT molecular complexity index is 711. The summed E-state index contributed by atoms with van der Waals surface area (Å²) in [6, 6.07) is 4.74. The van der Waals surface area contributed by atoms with Crippen molar-refractivity contribution in [1.82, 2.24) is 4.57 Å². The molecule has 8 heteroatoms. The lowest BCUT2D eigenvalue weighted by atomic mass is 10.2. The van der Waals surface area contributed by atoms with Gasteiger partial charge in [-0.25, -0.2) is 4.39 Å². The average Bonchev–Trinajstić information content (AvgIpc) is 2.87. The van der Waals surface area contributed by atoms with E-state index in [0.717, 1.165) is 12.1 Å². The molecule has 0 saturated carbocycles. The molecule has 7 nitrogen and oxygen atoms in total. The number of nitrogens with zero attached hydrogens (tertiary/aromatic N) is 2. The normalized spacial score (nSPS) is 10.4. The number of carbonyl (C=O) groups excluding carboxylic acids is 1. The molecule has 2 rings (SSSR count). The van der Waals surface area contributed by atoms with Gasteiger partial charge in [-0.1, -0.05) is 0 Å². The van der Waals surface area contributed by atoms with Crippen LogP contribution in [-0.4, -0.2) is 15.4 Å². The van der Waals surface area contributed by atoms with Crippen molar-refractivity contribution in [3.63, 3.8) is 0 Å². The van der Waals surface area contributed by atoms with Gasteiger partial charge in [0.25, 0.3) is 11.6 Å². The van der Waals surface area contributed by atoms with Gasteiger partial charge in [0.05, 0.1) is 22.5 Å². The van der Waals surface area contributed by atoms with Gasteiger partial charge in [0.1, 0.15) is 11.5 Å². The fraction of sp³-hybridized carbons (Fsp3) is 0.154. The summed E-state index contributed by atoms with van der Waals surface area (Å²) >= 11 is 0. The Morgan fingerprint density at radius 1 is 1.48 bits per heavy atom. The van der Waals surface area contributed by atoms with Gasteiger partial charge in [-0.3, -0.25) is 14.9 Å². The number of hydrogen-bond donors (Lipinski definition) is 2. The minimum Gasteiger partial charge on any atom is -0.397 e. The number of carbonyl (C=O) groups is 1. The van der Waals surface area contributed by atoms with Crippen LogP contribution in [0.25, 0.3) is 0 Å². The molecule has 3 N–H and O–H groups in total. The molecule has 110 valence electrons. The summed E-state index contributed by atoms with van der Waals surface area (Å²) in [4.78, 5) is 22.3. The van der Waals surface area contributed by atoms with Gasteiger partial charge in [-0.15, -0.1) is 0 Å².